The number of hydrogen-bond acceptors (Lipinski definition) is 5. The molecule has 1 saturated heterocycles. The zero-order chi connectivity index (χ0) is 16.2. The smallest absolute Gasteiger partial charge is 0.243 e. The third kappa shape index (κ3) is 4.13. The van der Waals surface area contributed by atoms with Crippen LogP contribution in [-0.2, 0) is 9.59 Å². The molecule has 1 aromatic heterocycles. The zero-order valence-electron chi connectivity index (χ0n) is 13.1. The average Bonchev–Trinajstić information content (AvgIpc) is 2.48. The van der Waals surface area contributed by atoms with E-state index in [4.69, 9.17) is 0 Å². The Kier molecular flexibility index (Phi) is 5.28. The fourth-order valence-corrected chi connectivity index (χ4v) is 3.06. The molecule has 0 aliphatic carbocycles. The van der Waals surface area contributed by atoms with E-state index in [1.807, 2.05) is 26.8 Å². The van der Waals surface area contributed by atoms with Crippen molar-refractivity contribution in [3.63, 3.8) is 0 Å². The van der Waals surface area contributed by atoms with Gasteiger partial charge in [0.05, 0.1) is 4.75 Å². The third-order valence-electron chi connectivity index (χ3n) is 3.54. The Labute approximate surface area is 134 Å². The van der Waals surface area contributed by atoms with E-state index in [0.717, 1.165) is 11.3 Å². The Hall–Kier alpha value is -1.76. The average molecular weight is 322 g/mol. The summed E-state index contributed by atoms with van der Waals surface area (Å²) < 4.78 is -0.461. The highest BCUT2D eigenvalue weighted by Gasteiger charge is 2.37. The lowest BCUT2D eigenvalue weighted by Gasteiger charge is -2.32. The number of aryl methyl sites for hydroxylation is 1. The first kappa shape index (κ1) is 16.6. The number of nitrogens with one attached hydrogen (secondary N) is 3. The van der Waals surface area contributed by atoms with Crippen molar-refractivity contribution in [2.24, 2.45) is 0 Å². The summed E-state index contributed by atoms with van der Waals surface area (Å²) in [5, 5.41) is 8.86. The first-order valence-corrected chi connectivity index (χ1v) is 8.26. The highest BCUT2D eigenvalue weighted by molar-refractivity contribution is 8.01. The number of carbonyl (C=O) groups excluding carboxylic acids is 2. The molecule has 0 spiro atoms. The van der Waals surface area contributed by atoms with Crippen molar-refractivity contribution in [2.45, 2.75) is 31.6 Å². The van der Waals surface area contributed by atoms with Crippen LogP contribution in [0, 0.1) is 6.92 Å². The summed E-state index contributed by atoms with van der Waals surface area (Å²) in [6, 6.07) is 1.45. The fourth-order valence-electron chi connectivity index (χ4n) is 2.05. The van der Waals surface area contributed by atoms with Crippen LogP contribution >= 0.6 is 11.8 Å². The molecule has 7 heteroatoms. The predicted molar refractivity (Wildman–Crippen MR) is 88.9 cm³/mol. The molecule has 3 N–H and O–H groups in total. The summed E-state index contributed by atoms with van der Waals surface area (Å²) >= 11 is 1.51. The molecule has 120 valence electrons. The molecular weight excluding hydrogens is 300 g/mol. The van der Waals surface area contributed by atoms with Crippen molar-refractivity contribution in [3.05, 3.63) is 24.0 Å². The first-order chi connectivity index (χ1) is 10.4. The second-order valence-corrected chi connectivity index (χ2v) is 7.40. The molecule has 2 amide bonds. The van der Waals surface area contributed by atoms with Crippen molar-refractivity contribution in [2.75, 3.05) is 24.2 Å². The molecule has 1 atom stereocenters. The summed E-state index contributed by atoms with van der Waals surface area (Å²) in [6.07, 6.45) is 3.52. The van der Waals surface area contributed by atoms with Crippen molar-refractivity contribution < 1.29 is 9.59 Å². The Morgan fingerprint density at radius 2 is 2.27 bits per heavy atom. The van der Waals surface area contributed by atoms with E-state index in [-0.39, 0.29) is 11.8 Å². The van der Waals surface area contributed by atoms with Crippen molar-refractivity contribution in [3.8, 4) is 0 Å². The van der Waals surface area contributed by atoms with E-state index in [1.165, 1.54) is 11.8 Å². The van der Waals surface area contributed by atoms with Crippen LogP contribution in [0.1, 0.15) is 19.4 Å². The van der Waals surface area contributed by atoms with Crippen molar-refractivity contribution in [1.29, 1.82) is 0 Å². The molecule has 0 aromatic carbocycles. The SMILES string of the molecule is Cc1cnccc1NCCNC(=O)[C@@H]1CSC(C)(C)C(=O)N1. The molecule has 1 aliphatic heterocycles. The maximum Gasteiger partial charge on any atom is 0.243 e. The van der Waals surface area contributed by atoms with Crippen molar-refractivity contribution in [1.82, 2.24) is 15.6 Å². The van der Waals surface area contributed by atoms with Crippen LogP contribution in [0.25, 0.3) is 0 Å². The lowest BCUT2D eigenvalue weighted by Crippen LogP contribution is -2.57. The van der Waals surface area contributed by atoms with Gasteiger partial charge in [0, 0.05) is 36.9 Å². The Morgan fingerprint density at radius 3 is 2.95 bits per heavy atom. The summed E-state index contributed by atoms with van der Waals surface area (Å²) in [5.41, 5.74) is 2.07. The molecule has 0 unspecified atom stereocenters. The molecule has 22 heavy (non-hydrogen) atoms. The van der Waals surface area contributed by atoms with Crippen LogP contribution in [0.5, 0.6) is 0 Å². The molecule has 1 fully saturated rings. The number of aromatic nitrogens is 1. The van der Waals surface area contributed by atoms with Gasteiger partial charge in [-0.15, -0.1) is 11.8 Å². The topological polar surface area (TPSA) is 83.1 Å². The van der Waals surface area contributed by atoms with Gasteiger partial charge in [0.15, 0.2) is 0 Å². The number of anilines is 1. The standard InChI is InChI=1S/C15H22N4O2S/c1-10-8-16-5-4-11(10)17-6-7-18-13(20)12-9-22-15(2,3)14(21)19-12/h4-5,8,12H,6-7,9H2,1-3H3,(H,16,17)(H,18,20)(H,19,21)/t12-/m0/s1. The van der Waals surface area contributed by atoms with E-state index in [0.29, 0.717) is 18.8 Å². The Morgan fingerprint density at radius 1 is 1.50 bits per heavy atom. The molecule has 0 bridgehead atoms. The Bertz CT molecular complexity index is 562. The quantitative estimate of drug-likeness (QED) is 0.703. The van der Waals surface area contributed by atoms with Gasteiger partial charge in [-0.2, -0.15) is 0 Å². The summed E-state index contributed by atoms with van der Waals surface area (Å²) in [6.45, 7) is 6.82. The predicted octanol–water partition coefficient (Wildman–Crippen LogP) is 0.928. The molecule has 2 heterocycles. The minimum Gasteiger partial charge on any atom is -0.383 e. The first-order valence-electron chi connectivity index (χ1n) is 7.27. The molecule has 0 saturated carbocycles. The number of nitrogens with zero attached hydrogens (tertiary/aromatic N) is 1. The molecule has 2 rings (SSSR count). The lowest BCUT2D eigenvalue weighted by molar-refractivity contribution is -0.129. The van der Waals surface area contributed by atoms with E-state index < -0.39 is 10.8 Å². The number of rotatable bonds is 5. The minimum atomic E-state index is -0.461. The minimum absolute atomic E-state index is 0.0885. The zero-order valence-corrected chi connectivity index (χ0v) is 13.9. The van der Waals surface area contributed by atoms with Crippen LogP contribution in [-0.4, -0.2) is 46.4 Å². The van der Waals surface area contributed by atoms with Gasteiger partial charge in [0.25, 0.3) is 0 Å². The summed E-state index contributed by atoms with van der Waals surface area (Å²) in [7, 11) is 0. The summed E-state index contributed by atoms with van der Waals surface area (Å²) in [5.74, 6) is 0.376. The number of hydrogen-bond donors (Lipinski definition) is 3. The number of amides is 2. The van der Waals surface area contributed by atoms with E-state index in [1.54, 1.807) is 12.4 Å². The molecule has 0 radical (unpaired) electrons. The maximum atomic E-state index is 12.1. The number of thioether (sulfide) groups is 1. The van der Waals surface area contributed by atoms with E-state index in [9.17, 15) is 9.59 Å². The lowest BCUT2D eigenvalue weighted by atomic mass is 10.1. The van der Waals surface area contributed by atoms with E-state index in [2.05, 4.69) is 20.9 Å². The van der Waals surface area contributed by atoms with Crippen molar-refractivity contribution >= 4 is 29.3 Å². The van der Waals surface area contributed by atoms with Crippen LogP contribution < -0.4 is 16.0 Å². The van der Waals surface area contributed by atoms with Crippen LogP contribution in [0.2, 0.25) is 0 Å². The van der Waals surface area contributed by atoms with Gasteiger partial charge in [-0.25, -0.2) is 0 Å². The fraction of sp³-hybridized carbons (Fsp3) is 0.533. The van der Waals surface area contributed by atoms with Crippen LogP contribution in [0.3, 0.4) is 0 Å². The van der Waals surface area contributed by atoms with Gasteiger partial charge in [0.1, 0.15) is 6.04 Å². The largest absolute Gasteiger partial charge is 0.383 e. The maximum absolute atomic E-state index is 12.1. The molecular formula is C15H22N4O2S. The number of carbonyl (C=O) groups is 2. The van der Waals surface area contributed by atoms with Gasteiger partial charge in [0.2, 0.25) is 11.8 Å². The van der Waals surface area contributed by atoms with Crippen LogP contribution in [0.4, 0.5) is 5.69 Å². The molecule has 6 nitrogen and oxygen atoms in total. The van der Waals surface area contributed by atoms with Gasteiger partial charge in [-0.3, -0.25) is 14.6 Å². The number of pyridine rings is 1. The second kappa shape index (κ2) is 7.00. The monoisotopic (exact) mass is 322 g/mol. The molecule has 1 aliphatic rings. The highest BCUT2D eigenvalue weighted by Crippen LogP contribution is 2.28. The van der Waals surface area contributed by atoms with Gasteiger partial charge >= 0.3 is 0 Å². The van der Waals surface area contributed by atoms with Gasteiger partial charge in [-0.1, -0.05) is 0 Å². The van der Waals surface area contributed by atoms with Crippen LogP contribution in [0.15, 0.2) is 18.5 Å². The van der Waals surface area contributed by atoms with Gasteiger partial charge in [-0.05, 0) is 32.4 Å². The third-order valence-corrected chi connectivity index (χ3v) is 4.95. The summed E-state index contributed by atoms with van der Waals surface area (Å²) in [4.78, 5) is 27.9. The highest BCUT2D eigenvalue weighted by atomic mass is 32.2. The normalized spacial score (nSPS) is 20.1. The Balaban J connectivity index is 1.72. The molecule has 1 aromatic rings. The van der Waals surface area contributed by atoms with E-state index >= 15 is 0 Å². The second-order valence-electron chi connectivity index (χ2n) is 5.76. The van der Waals surface area contributed by atoms with Gasteiger partial charge < -0.3 is 16.0 Å².